The highest BCUT2D eigenvalue weighted by molar-refractivity contribution is 6.30. The van der Waals surface area contributed by atoms with E-state index < -0.39 is 5.67 Å². The molecule has 0 spiro atoms. The summed E-state index contributed by atoms with van der Waals surface area (Å²) in [4.78, 5) is 28.3. The van der Waals surface area contributed by atoms with Crippen molar-refractivity contribution < 1.29 is 9.18 Å². The molecule has 1 amide bonds. The lowest BCUT2D eigenvalue weighted by atomic mass is 10.1. The highest BCUT2D eigenvalue weighted by Gasteiger charge is 2.53. The summed E-state index contributed by atoms with van der Waals surface area (Å²) in [6.45, 7) is 5.67. The van der Waals surface area contributed by atoms with Crippen LogP contribution < -0.4 is 9.80 Å². The molecule has 2 saturated heterocycles. The van der Waals surface area contributed by atoms with Crippen LogP contribution in [-0.2, 0) is 4.79 Å². The summed E-state index contributed by atoms with van der Waals surface area (Å²) in [5.41, 5.74) is 1.28. The molecule has 7 nitrogen and oxygen atoms in total. The van der Waals surface area contributed by atoms with Crippen LogP contribution in [-0.4, -0.2) is 69.8 Å². The van der Waals surface area contributed by atoms with E-state index in [1.54, 1.807) is 11.2 Å². The van der Waals surface area contributed by atoms with Crippen molar-refractivity contribution in [3.63, 3.8) is 0 Å². The van der Waals surface area contributed by atoms with Crippen molar-refractivity contribution in [3.8, 4) is 5.69 Å². The summed E-state index contributed by atoms with van der Waals surface area (Å²) >= 11 is 6.30. The quantitative estimate of drug-likeness (QED) is 0.557. The van der Waals surface area contributed by atoms with Gasteiger partial charge in [-0.15, -0.1) is 0 Å². The van der Waals surface area contributed by atoms with Gasteiger partial charge >= 0.3 is 0 Å². The Morgan fingerprint density at radius 2 is 1.94 bits per heavy atom. The molecule has 4 heterocycles. The Morgan fingerprint density at radius 1 is 1.15 bits per heavy atom. The van der Waals surface area contributed by atoms with Crippen LogP contribution in [0, 0.1) is 0 Å². The number of fused-ring (bicyclic) bond motifs is 1. The Hall–Kier alpha value is -2.87. The first-order valence-corrected chi connectivity index (χ1v) is 12.4. The summed E-state index contributed by atoms with van der Waals surface area (Å²) < 4.78 is 16.5. The number of benzene rings is 1. The fourth-order valence-electron chi connectivity index (χ4n) is 5.33. The molecule has 3 aliphatic rings. The van der Waals surface area contributed by atoms with Gasteiger partial charge in [0, 0.05) is 55.7 Å². The second-order valence-corrected chi connectivity index (χ2v) is 10.1. The number of carbonyl (C=O) groups excluding carboxylic acids is 1. The van der Waals surface area contributed by atoms with Crippen LogP contribution in [0.3, 0.4) is 0 Å². The van der Waals surface area contributed by atoms with Crippen molar-refractivity contribution in [1.82, 2.24) is 19.4 Å². The van der Waals surface area contributed by atoms with Gasteiger partial charge in [0.15, 0.2) is 11.3 Å². The van der Waals surface area contributed by atoms with Crippen LogP contribution in [0.5, 0.6) is 0 Å². The van der Waals surface area contributed by atoms with E-state index in [1.807, 2.05) is 24.3 Å². The average Bonchev–Trinajstić information content (AvgIpc) is 3.23. The van der Waals surface area contributed by atoms with Crippen LogP contribution in [0.4, 0.5) is 15.9 Å². The number of anilines is 2. The van der Waals surface area contributed by atoms with Crippen molar-refractivity contribution in [2.75, 3.05) is 42.5 Å². The lowest BCUT2D eigenvalue weighted by molar-refractivity contribution is -0.138. The number of piperazine rings is 1. The summed E-state index contributed by atoms with van der Waals surface area (Å²) in [5, 5.41) is 1.69. The van der Waals surface area contributed by atoms with Gasteiger partial charge < -0.3 is 14.7 Å². The fourth-order valence-corrected chi connectivity index (χ4v) is 5.51. The molecule has 3 aromatic rings. The molecule has 1 saturated carbocycles. The Morgan fingerprint density at radius 3 is 2.65 bits per heavy atom. The van der Waals surface area contributed by atoms with E-state index in [0.29, 0.717) is 37.5 Å². The predicted molar refractivity (Wildman–Crippen MR) is 132 cm³/mol. The number of rotatable bonds is 4. The molecule has 0 radical (unpaired) electrons. The van der Waals surface area contributed by atoms with Crippen LogP contribution in [0.2, 0.25) is 5.02 Å². The predicted octanol–water partition coefficient (Wildman–Crippen LogP) is 4.21. The number of hydrogen-bond acceptors (Lipinski definition) is 5. The van der Waals surface area contributed by atoms with Crippen molar-refractivity contribution >= 4 is 40.0 Å². The molecule has 9 heteroatoms. The fraction of sp³-hybridized carbons (Fsp3) is 0.480. The van der Waals surface area contributed by atoms with E-state index >= 15 is 0 Å². The van der Waals surface area contributed by atoms with Gasteiger partial charge in [-0.05, 0) is 50.8 Å². The normalized spacial score (nSPS) is 22.0. The molecule has 34 heavy (non-hydrogen) atoms. The first kappa shape index (κ1) is 21.6. The first-order valence-electron chi connectivity index (χ1n) is 12.1. The molecule has 3 fully saturated rings. The van der Waals surface area contributed by atoms with Crippen LogP contribution >= 0.6 is 11.6 Å². The smallest absolute Gasteiger partial charge is 0.260 e. The Balaban J connectivity index is 1.41. The Bertz CT molecular complexity index is 1250. The zero-order chi connectivity index (χ0) is 23.4. The SMILES string of the molecule is C[C@H]1CN(C(=O)C2(F)CC2)CCN1c1ncnc2c1c(N1CCCC1)cn2-c1cccc(Cl)c1. The van der Waals surface area contributed by atoms with E-state index in [4.69, 9.17) is 16.6 Å². The van der Waals surface area contributed by atoms with Gasteiger partial charge in [-0.3, -0.25) is 9.36 Å². The van der Waals surface area contributed by atoms with Gasteiger partial charge in [0.05, 0.1) is 11.1 Å². The maximum absolute atomic E-state index is 14.4. The van der Waals surface area contributed by atoms with Gasteiger partial charge in [-0.1, -0.05) is 17.7 Å². The minimum atomic E-state index is -1.62. The van der Waals surface area contributed by atoms with Crippen LogP contribution in [0.1, 0.15) is 32.6 Å². The molecule has 0 bridgehead atoms. The van der Waals surface area contributed by atoms with Gasteiger partial charge in [0.2, 0.25) is 0 Å². The molecular formula is C25H28ClFN6O. The number of nitrogens with zero attached hydrogens (tertiary/aromatic N) is 6. The van der Waals surface area contributed by atoms with E-state index in [0.717, 1.165) is 54.2 Å². The Labute approximate surface area is 203 Å². The maximum atomic E-state index is 14.4. The standard InChI is InChI=1S/C25H28ClFN6O/c1-17-14-31(24(34)25(27)7-8-25)11-12-32(17)22-21-20(30-9-2-3-10-30)15-33(23(21)29-16-28-22)19-6-4-5-18(26)13-19/h4-6,13,15-17H,2-3,7-12,14H2,1H3/t17-/m0/s1. The number of hydrogen-bond donors (Lipinski definition) is 0. The number of carbonyl (C=O) groups is 1. The Kier molecular flexibility index (Phi) is 5.17. The number of alkyl halides is 1. The van der Waals surface area contributed by atoms with Gasteiger partial charge in [-0.2, -0.15) is 0 Å². The van der Waals surface area contributed by atoms with Gasteiger partial charge in [0.1, 0.15) is 12.1 Å². The summed E-state index contributed by atoms with van der Waals surface area (Å²) in [6.07, 6.45) is 6.78. The summed E-state index contributed by atoms with van der Waals surface area (Å²) in [7, 11) is 0. The van der Waals surface area contributed by atoms with Crippen molar-refractivity contribution in [2.24, 2.45) is 0 Å². The van der Waals surface area contributed by atoms with Crippen molar-refractivity contribution in [2.45, 2.75) is 44.3 Å². The van der Waals surface area contributed by atoms with E-state index in [-0.39, 0.29) is 11.9 Å². The lowest BCUT2D eigenvalue weighted by Crippen LogP contribution is -2.56. The summed E-state index contributed by atoms with van der Waals surface area (Å²) in [5.74, 6) is 0.519. The van der Waals surface area contributed by atoms with Crippen LogP contribution in [0.25, 0.3) is 16.7 Å². The zero-order valence-electron chi connectivity index (χ0n) is 19.3. The second-order valence-electron chi connectivity index (χ2n) is 9.71. The molecule has 1 atom stereocenters. The molecular weight excluding hydrogens is 455 g/mol. The minimum Gasteiger partial charge on any atom is -0.370 e. The lowest BCUT2D eigenvalue weighted by Gasteiger charge is -2.41. The molecule has 0 unspecified atom stereocenters. The molecule has 2 aromatic heterocycles. The van der Waals surface area contributed by atoms with Crippen LogP contribution in [0.15, 0.2) is 36.8 Å². The average molecular weight is 483 g/mol. The highest BCUT2D eigenvalue weighted by atomic mass is 35.5. The maximum Gasteiger partial charge on any atom is 0.260 e. The molecule has 0 N–H and O–H groups in total. The van der Waals surface area contributed by atoms with Gasteiger partial charge in [-0.25, -0.2) is 14.4 Å². The molecule has 2 aliphatic heterocycles. The number of halogens is 2. The minimum absolute atomic E-state index is 0.0131. The van der Waals surface area contributed by atoms with Crippen molar-refractivity contribution in [3.05, 3.63) is 41.8 Å². The monoisotopic (exact) mass is 482 g/mol. The largest absolute Gasteiger partial charge is 0.370 e. The van der Waals surface area contributed by atoms with E-state index in [1.165, 1.54) is 0 Å². The van der Waals surface area contributed by atoms with Gasteiger partial charge in [0.25, 0.3) is 5.91 Å². The number of amides is 1. The molecule has 178 valence electrons. The zero-order valence-corrected chi connectivity index (χ0v) is 20.0. The van der Waals surface area contributed by atoms with E-state index in [9.17, 15) is 9.18 Å². The summed E-state index contributed by atoms with van der Waals surface area (Å²) in [6, 6.07) is 7.78. The third-order valence-corrected chi connectivity index (χ3v) is 7.57. The second kappa shape index (κ2) is 8.12. The third kappa shape index (κ3) is 3.59. The third-order valence-electron chi connectivity index (χ3n) is 7.34. The van der Waals surface area contributed by atoms with E-state index in [2.05, 4.69) is 32.5 Å². The molecule has 1 aromatic carbocycles. The highest BCUT2D eigenvalue weighted by Crippen LogP contribution is 2.42. The number of aromatic nitrogens is 3. The van der Waals surface area contributed by atoms with Crippen molar-refractivity contribution in [1.29, 1.82) is 0 Å². The molecule has 1 aliphatic carbocycles. The molecule has 6 rings (SSSR count). The first-order chi connectivity index (χ1) is 16.4. The topological polar surface area (TPSA) is 57.5 Å².